The lowest BCUT2D eigenvalue weighted by molar-refractivity contribution is 0.886. The molecule has 0 aliphatic rings. The van der Waals surface area contributed by atoms with E-state index in [1.807, 2.05) is 26.0 Å². The van der Waals surface area contributed by atoms with Crippen LogP contribution in [0.1, 0.15) is 24.1 Å². The molecule has 0 spiro atoms. The van der Waals surface area contributed by atoms with Crippen molar-refractivity contribution in [3.63, 3.8) is 0 Å². The first kappa shape index (κ1) is 13.9. The second-order valence-electron chi connectivity index (χ2n) is 3.94. The largest absolute Gasteiger partial charge is 0.376 e. The Balaban J connectivity index is 2.26. The van der Waals surface area contributed by atoms with E-state index in [-0.39, 0.29) is 6.04 Å². The van der Waals surface area contributed by atoms with Crippen LogP contribution in [0.15, 0.2) is 18.3 Å². The SMILES string of the molecule is Cc1ccnc(Cl)c1NC(C)c1cc(Cl)sc1Cl. The number of aromatic nitrogens is 1. The van der Waals surface area contributed by atoms with E-state index in [0.29, 0.717) is 13.8 Å². The average Bonchev–Trinajstić information content (AvgIpc) is 2.63. The van der Waals surface area contributed by atoms with E-state index >= 15 is 0 Å². The molecule has 2 aromatic heterocycles. The van der Waals surface area contributed by atoms with Crippen LogP contribution in [0.4, 0.5) is 5.69 Å². The van der Waals surface area contributed by atoms with Gasteiger partial charge in [0.2, 0.25) is 0 Å². The third-order valence-electron chi connectivity index (χ3n) is 2.62. The number of aryl methyl sites for hydroxylation is 1. The normalized spacial score (nSPS) is 12.5. The first-order chi connectivity index (χ1) is 8.49. The van der Waals surface area contributed by atoms with Crippen molar-refractivity contribution in [2.75, 3.05) is 5.32 Å². The smallest absolute Gasteiger partial charge is 0.152 e. The molecule has 2 rings (SSSR count). The number of pyridine rings is 1. The minimum absolute atomic E-state index is 0.0154. The van der Waals surface area contributed by atoms with Gasteiger partial charge in [-0.15, -0.1) is 11.3 Å². The van der Waals surface area contributed by atoms with Crippen LogP contribution in [0.5, 0.6) is 0 Å². The molecule has 0 fully saturated rings. The molecule has 0 aromatic carbocycles. The minimum Gasteiger partial charge on any atom is -0.376 e. The van der Waals surface area contributed by atoms with E-state index in [9.17, 15) is 0 Å². The van der Waals surface area contributed by atoms with Gasteiger partial charge >= 0.3 is 0 Å². The lowest BCUT2D eigenvalue weighted by Crippen LogP contribution is -2.08. The molecule has 1 N–H and O–H groups in total. The van der Waals surface area contributed by atoms with Crippen LogP contribution >= 0.6 is 46.1 Å². The van der Waals surface area contributed by atoms with Crippen LogP contribution in [-0.4, -0.2) is 4.98 Å². The molecule has 0 aliphatic heterocycles. The Labute approximate surface area is 125 Å². The highest BCUT2D eigenvalue weighted by Crippen LogP contribution is 2.37. The highest BCUT2D eigenvalue weighted by molar-refractivity contribution is 7.20. The summed E-state index contributed by atoms with van der Waals surface area (Å²) in [5, 5.41) is 3.78. The molecule has 18 heavy (non-hydrogen) atoms. The number of nitrogens with one attached hydrogen (secondary N) is 1. The number of nitrogens with zero attached hydrogens (tertiary/aromatic N) is 1. The van der Waals surface area contributed by atoms with E-state index in [1.165, 1.54) is 11.3 Å². The number of thiophene rings is 1. The number of hydrogen-bond donors (Lipinski definition) is 1. The van der Waals surface area contributed by atoms with E-state index in [0.717, 1.165) is 16.8 Å². The van der Waals surface area contributed by atoms with Gasteiger partial charge < -0.3 is 5.32 Å². The fourth-order valence-electron chi connectivity index (χ4n) is 1.64. The van der Waals surface area contributed by atoms with Crippen molar-refractivity contribution in [1.82, 2.24) is 4.98 Å². The van der Waals surface area contributed by atoms with Gasteiger partial charge in [0.25, 0.3) is 0 Å². The Bertz CT molecular complexity index is 548. The lowest BCUT2D eigenvalue weighted by atomic mass is 10.1. The molecule has 96 valence electrons. The van der Waals surface area contributed by atoms with Crippen molar-refractivity contribution >= 4 is 51.8 Å². The molecule has 1 atom stereocenters. The standard InChI is InChI=1S/C12H11Cl3N2S/c1-6-3-4-16-11(14)10(6)17-7(2)8-5-9(13)18-12(8)15/h3-5,7,17H,1-2H3. The summed E-state index contributed by atoms with van der Waals surface area (Å²) in [5.41, 5.74) is 2.83. The summed E-state index contributed by atoms with van der Waals surface area (Å²) in [7, 11) is 0. The van der Waals surface area contributed by atoms with Gasteiger partial charge in [-0.05, 0) is 31.5 Å². The number of hydrogen-bond acceptors (Lipinski definition) is 3. The third kappa shape index (κ3) is 2.91. The summed E-state index contributed by atoms with van der Waals surface area (Å²) in [6, 6.07) is 3.79. The van der Waals surface area contributed by atoms with Crippen molar-refractivity contribution in [2.24, 2.45) is 0 Å². The summed E-state index contributed by atoms with van der Waals surface area (Å²) in [5.74, 6) is 0. The van der Waals surface area contributed by atoms with Crippen molar-refractivity contribution < 1.29 is 0 Å². The summed E-state index contributed by atoms with van der Waals surface area (Å²) >= 11 is 19.5. The van der Waals surface area contributed by atoms with E-state index in [4.69, 9.17) is 34.8 Å². The van der Waals surface area contributed by atoms with Crippen LogP contribution in [0, 0.1) is 6.92 Å². The molecule has 0 saturated carbocycles. The lowest BCUT2D eigenvalue weighted by Gasteiger charge is -2.17. The van der Waals surface area contributed by atoms with Crippen LogP contribution in [0.2, 0.25) is 13.8 Å². The molecule has 0 amide bonds. The predicted octanol–water partition coefficient (Wildman–Crippen LogP) is 5.58. The summed E-state index contributed by atoms with van der Waals surface area (Å²) < 4.78 is 1.37. The topological polar surface area (TPSA) is 24.9 Å². The highest BCUT2D eigenvalue weighted by atomic mass is 35.5. The summed E-state index contributed by atoms with van der Waals surface area (Å²) in [4.78, 5) is 4.06. The first-order valence-electron chi connectivity index (χ1n) is 5.31. The fourth-order valence-corrected chi connectivity index (χ4v) is 3.55. The van der Waals surface area contributed by atoms with Crippen LogP contribution in [0.3, 0.4) is 0 Å². The quantitative estimate of drug-likeness (QED) is 0.746. The molecule has 2 aromatic rings. The molecule has 1 unspecified atom stereocenters. The van der Waals surface area contributed by atoms with Gasteiger partial charge in [0.1, 0.15) is 0 Å². The van der Waals surface area contributed by atoms with Crippen molar-refractivity contribution in [3.05, 3.63) is 43.3 Å². The molecule has 2 heterocycles. The highest BCUT2D eigenvalue weighted by Gasteiger charge is 2.15. The summed E-state index contributed by atoms with van der Waals surface area (Å²) in [6.07, 6.45) is 1.68. The van der Waals surface area contributed by atoms with Gasteiger partial charge in [0, 0.05) is 11.8 Å². The van der Waals surface area contributed by atoms with E-state index < -0.39 is 0 Å². The van der Waals surface area contributed by atoms with Gasteiger partial charge in [0.15, 0.2) is 5.15 Å². The zero-order valence-electron chi connectivity index (χ0n) is 9.80. The van der Waals surface area contributed by atoms with Crippen molar-refractivity contribution in [1.29, 1.82) is 0 Å². The van der Waals surface area contributed by atoms with Gasteiger partial charge in [-0.2, -0.15) is 0 Å². The maximum absolute atomic E-state index is 6.13. The molecular weight excluding hydrogens is 311 g/mol. The number of halogens is 3. The molecule has 0 aliphatic carbocycles. The zero-order valence-corrected chi connectivity index (χ0v) is 12.9. The Morgan fingerprint density at radius 3 is 2.61 bits per heavy atom. The second kappa shape index (κ2) is 5.66. The van der Waals surface area contributed by atoms with Crippen LogP contribution < -0.4 is 5.32 Å². The van der Waals surface area contributed by atoms with Crippen LogP contribution in [-0.2, 0) is 0 Å². The van der Waals surface area contributed by atoms with Crippen molar-refractivity contribution in [3.8, 4) is 0 Å². The van der Waals surface area contributed by atoms with E-state index in [1.54, 1.807) is 6.20 Å². The maximum Gasteiger partial charge on any atom is 0.152 e. The zero-order chi connectivity index (χ0) is 13.3. The number of anilines is 1. The Hall–Kier alpha value is -0.480. The summed E-state index contributed by atoms with van der Waals surface area (Å²) in [6.45, 7) is 3.98. The van der Waals surface area contributed by atoms with Gasteiger partial charge in [-0.3, -0.25) is 0 Å². The second-order valence-corrected chi connectivity index (χ2v) is 6.58. The molecule has 0 radical (unpaired) electrons. The Kier molecular flexibility index (Phi) is 4.38. The maximum atomic E-state index is 6.13. The minimum atomic E-state index is 0.0154. The van der Waals surface area contributed by atoms with Crippen LogP contribution in [0.25, 0.3) is 0 Å². The fraction of sp³-hybridized carbons (Fsp3) is 0.250. The van der Waals surface area contributed by atoms with Gasteiger partial charge in [0.05, 0.1) is 20.4 Å². The molecule has 0 saturated heterocycles. The van der Waals surface area contributed by atoms with Gasteiger partial charge in [-0.25, -0.2) is 4.98 Å². The third-order valence-corrected chi connectivity index (χ3v) is 4.43. The molecule has 2 nitrogen and oxygen atoms in total. The Morgan fingerprint density at radius 1 is 1.33 bits per heavy atom. The predicted molar refractivity (Wildman–Crippen MR) is 80.4 cm³/mol. The molecule has 6 heteroatoms. The molecular formula is C12H11Cl3N2S. The molecule has 0 bridgehead atoms. The van der Waals surface area contributed by atoms with Gasteiger partial charge in [-0.1, -0.05) is 34.8 Å². The van der Waals surface area contributed by atoms with E-state index in [2.05, 4.69) is 10.3 Å². The monoisotopic (exact) mass is 320 g/mol. The van der Waals surface area contributed by atoms with Crippen molar-refractivity contribution in [2.45, 2.75) is 19.9 Å². The number of rotatable bonds is 3. The Morgan fingerprint density at radius 2 is 2.06 bits per heavy atom. The first-order valence-corrected chi connectivity index (χ1v) is 7.26. The average molecular weight is 322 g/mol.